The Morgan fingerprint density at radius 3 is 2.59 bits per heavy atom. The minimum Gasteiger partial charge on any atom is -0.370 e. The van der Waals surface area contributed by atoms with Gasteiger partial charge in [0.05, 0.1) is 11.4 Å². The molecule has 0 atom stereocenters. The minimum atomic E-state index is -0.184. The summed E-state index contributed by atoms with van der Waals surface area (Å²) in [6.45, 7) is 1.71. The first-order valence-electron chi connectivity index (χ1n) is 10.9. The van der Waals surface area contributed by atoms with Gasteiger partial charge in [-0.2, -0.15) is 0 Å². The van der Waals surface area contributed by atoms with E-state index < -0.39 is 0 Å². The highest BCUT2D eigenvalue weighted by molar-refractivity contribution is 6.31. The third-order valence-electron chi connectivity index (χ3n) is 5.83. The quantitative estimate of drug-likeness (QED) is 0.526. The second-order valence-electron chi connectivity index (χ2n) is 8.19. The van der Waals surface area contributed by atoms with Gasteiger partial charge < -0.3 is 10.2 Å². The summed E-state index contributed by atoms with van der Waals surface area (Å²) in [5.41, 5.74) is 3.28. The summed E-state index contributed by atoms with van der Waals surface area (Å²) in [6.07, 6.45) is 6.45. The van der Waals surface area contributed by atoms with Crippen LogP contribution in [0.25, 0.3) is 0 Å². The lowest BCUT2D eigenvalue weighted by Gasteiger charge is -2.34. The fourth-order valence-corrected chi connectivity index (χ4v) is 4.37. The third-order valence-corrected chi connectivity index (χ3v) is 6.07. The zero-order chi connectivity index (χ0) is 22.3. The number of carbonyl (C=O) groups is 2. The van der Waals surface area contributed by atoms with Gasteiger partial charge in [-0.25, -0.2) is 0 Å². The lowest BCUT2D eigenvalue weighted by molar-refractivity contribution is -0.119. The van der Waals surface area contributed by atoms with Gasteiger partial charge in [0.25, 0.3) is 5.91 Å². The SMILES string of the molecule is O=C(Cc1cccnc1)CC1CCN(c2ccccc2NC(=O)c2cccc(Cl)c2)CC1. The summed E-state index contributed by atoms with van der Waals surface area (Å²) in [5, 5.41) is 3.56. The molecule has 2 heterocycles. The molecule has 1 aliphatic heterocycles. The van der Waals surface area contributed by atoms with Crippen molar-refractivity contribution in [2.24, 2.45) is 5.92 Å². The topological polar surface area (TPSA) is 62.3 Å². The van der Waals surface area contributed by atoms with E-state index in [9.17, 15) is 9.59 Å². The van der Waals surface area contributed by atoms with Gasteiger partial charge in [0, 0.05) is 48.9 Å². The van der Waals surface area contributed by atoms with Crippen LogP contribution in [0.1, 0.15) is 35.2 Å². The number of nitrogens with zero attached hydrogens (tertiary/aromatic N) is 2. The number of ketones is 1. The van der Waals surface area contributed by atoms with E-state index in [1.807, 2.05) is 36.4 Å². The van der Waals surface area contributed by atoms with Gasteiger partial charge >= 0.3 is 0 Å². The third kappa shape index (κ3) is 5.74. The van der Waals surface area contributed by atoms with Crippen LogP contribution < -0.4 is 10.2 Å². The van der Waals surface area contributed by atoms with Crippen molar-refractivity contribution in [2.45, 2.75) is 25.7 Å². The second-order valence-corrected chi connectivity index (χ2v) is 8.63. The van der Waals surface area contributed by atoms with Crippen molar-refractivity contribution in [3.8, 4) is 0 Å². The van der Waals surface area contributed by atoms with Crippen LogP contribution in [0, 0.1) is 5.92 Å². The molecular weight excluding hydrogens is 422 g/mol. The Morgan fingerprint density at radius 2 is 1.84 bits per heavy atom. The highest BCUT2D eigenvalue weighted by Crippen LogP contribution is 2.31. The number of pyridine rings is 1. The van der Waals surface area contributed by atoms with Crippen molar-refractivity contribution in [3.05, 3.63) is 89.2 Å². The molecule has 0 spiro atoms. The molecule has 1 N–H and O–H groups in total. The molecule has 0 saturated carbocycles. The van der Waals surface area contributed by atoms with Gasteiger partial charge in [-0.05, 0) is 60.7 Å². The van der Waals surface area contributed by atoms with E-state index >= 15 is 0 Å². The molecule has 2 aromatic carbocycles. The first kappa shape index (κ1) is 22.0. The number of carbonyl (C=O) groups excluding carboxylic acids is 2. The van der Waals surface area contributed by atoms with Crippen LogP contribution in [-0.4, -0.2) is 29.8 Å². The Labute approximate surface area is 193 Å². The lowest BCUT2D eigenvalue weighted by atomic mass is 9.90. The van der Waals surface area contributed by atoms with Crippen molar-refractivity contribution in [1.29, 1.82) is 0 Å². The molecule has 4 rings (SSSR count). The van der Waals surface area contributed by atoms with E-state index in [1.165, 1.54) is 0 Å². The summed E-state index contributed by atoms with van der Waals surface area (Å²) in [5.74, 6) is 0.477. The van der Waals surface area contributed by atoms with E-state index in [1.54, 1.807) is 36.7 Å². The fraction of sp³-hybridized carbons (Fsp3) is 0.269. The molecule has 1 saturated heterocycles. The number of nitrogens with one attached hydrogen (secondary N) is 1. The molecule has 1 amide bonds. The van der Waals surface area contributed by atoms with E-state index in [0.29, 0.717) is 29.3 Å². The maximum absolute atomic E-state index is 12.7. The number of benzene rings is 2. The number of hydrogen-bond donors (Lipinski definition) is 1. The maximum atomic E-state index is 12.7. The van der Waals surface area contributed by atoms with Crippen LogP contribution in [0.3, 0.4) is 0 Å². The monoisotopic (exact) mass is 447 g/mol. The smallest absolute Gasteiger partial charge is 0.255 e. The first-order chi connectivity index (χ1) is 15.6. The van der Waals surface area contributed by atoms with Gasteiger partial charge in [-0.15, -0.1) is 0 Å². The van der Waals surface area contributed by atoms with E-state index in [0.717, 1.165) is 42.9 Å². The maximum Gasteiger partial charge on any atom is 0.255 e. The zero-order valence-corrected chi connectivity index (χ0v) is 18.6. The Morgan fingerprint density at radius 1 is 1.03 bits per heavy atom. The van der Waals surface area contributed by atoms with Crippen LogP contribution in [0.2, 0.25) is 5.02 Å². The number of aromatic nitrogens is 1. The molecule has 0 unspecified atom stereocenters. The first-order valence-corrected chi connectivity index (χ1v) is 11.3. The summed E-state index contributed by atoms with van der Waals surface area (Å²) >= 11 is 6.02. The van der Waals surface area contributed by atoms with Crippen LogP contribution >= 0.6 is 11.6 Å². The Bertz CT molecular complexity index is 1080. The van der Waals surface area contributed by atoms with E-state index in [4.69, 9.17) is 11.6 Å². The highest BCUT2D eigenvalue weighted by Gasteiger charge is 2.23. The van der Waals surface area contributed by atoms with E-state index in [2.05, 4.69) is 15.2 Å². The van der Waals surface area contributed by atoms with Crippen molar-refractivity contribution in [2.75, 3.05) is 23.3 Å². The summed E-state index contributed by atoms with van der Waals surface area (Å²) < 4.78 is 0. The van der Waals surface area contributed by atoms with Crippen molar-refractivity contribution >= 4 is 34.7 Å². The number of piperidine rings is 1. The van der Waals surface area contributed by atoms with Crippen molar-refractivity contribution < 1.29 is 9.59 Å². The molecule has 3 aromatic rings. The van der Waals surface area contributed by atoms with Crippen LogP contribution in [0.15, 0.2) is 73.1 Å². The number of anilines is 2. The predicted molar refractivity (Wildman–Crippen MR) is 128 cm³/mol. The predicted octanol–water partition coefficient (Wildman–Crippen LogP) is 5.41. The second kappa shape index (κ2) is 10.4. The van der Waals surface area contributed by atoms with Gasteiger partial charge in [-0.3, -0.25) is 14.6 Å². The van der Waals surface area contributed by atoms with Crippen molar-refractivity contribution in [1.82, 2.24) is 4.98 Å². The van der Waals surface area contributed by atoms with Gasteiger partial charge in [-0.1, -0.05) is 35.9 Å². The summed E-state index contributed by atoms with van der Waals surface area (Å²) in [6, 6.07) is 18.6. The molecule has 32 heavy (non-hydrogen) atoms. The normalized spacial score (nSPS) is 14.2. The molecule has 0 radical (unpaired) electrons. The summed E-state index contributed by atoms with van der Waals surface area (Å²) in [7, 11) is 0. The number of amides is 1. The molecule has 1 aliphatic rings. The largest absolute Gasteiger partial charge is 0.370 e. The highest BCUT2D eigenvalue weighted by atomic mass is 35.5. The standard InChI is InChI=1S/C26H26ClN3O2/c27-22-7-3-6-21(17-22)26(32)29-24-8-1-2-9-25(24)30-13-10-19(11-14-30)15-23(31)16-20-5-4-12-28-18-20/h1-9,12,17-19H,10-11,13-16H2,(H,29,32). The van der Waals surface area contributed by atoms with Gasteiger partial charge in [0.15, 0.2) is 0 Å². The zero-order valence-electron chi connectivity index (χ0n) is 17.8. The number of hydrogen-bond acceptors (Lipinski definition) is 4. The number of halogens is 1. The Kier molecular flexibility index (Phi) is 7.17. The molecule has 0 aliphatic carbocycles. The molecule has 0 bridgehead atoms. The molecule has 1 fully saturated rings. The average molecular weight is 448 g/mol. The molecule has 1 aromatic heterocycles. The van der Waals surface area contributed by atoms with Crippen LogP contribution in [-0.2, 0) is 11.2 Å². The fourth-order valence-electron chi connectivity index (χ4n) is 4.18. The number of para-hydroxylation sites is 2. The lowest BCUT2D eigenvalue weighted by Crippen LogP contribution is -2.35. The Balaban J connectivity index is 1.34. The molecule has 5 nitrogen and oxygen atoms in total. The van der Waals surface area contributed by atoms with Gasteiger partial charge in [0.1, 0.15) is 5.78 Å². The molecule has 6 heteroatoms. The molecular formula is C26H26ClN3O2. The number of Topliss-reactive ketones (excluding diaryl/α,β-unsaturated/α-hetero) is 1. The number of rotatable bonds is 7. The van der Waals surface area contributed by atoms with Crippen molar-refractivity contribution in [3.63, 3.8) is 0 Å². The van der Waals surface area contributed by atoms with E-state index in [-0.39, 0.29) is 11.7 Å². The minimum absolute atomic E-state index is 0.184. The van der Waals surface area contributed by atoms with Crippen LogP contribution in [0.5, 0.6) is 0 Å². The summed E-state index contributed by atoms with van der Waals surface area (Å²) in [4.78, 5) is 31.5. The van der Waals surface area contributed by atoms with Crippen LogP contribution in [0.4, 0.5) is 11.4 Å². The average Bonchev–Trinajstić information content (AvgIpc) is 2.80. The Hall–Kier alpha value is -3.18. The van der Waals surface area contributed by atoms with Gasteiger partial charge in [0.2, 0.25) is 0 Å². The molecule has 164 valence electrons.